The first kappa shape index (κ1) is 11.9. The summed E-state index contributed by atoms with van der Waals surface area (Å²) in [7, 11) is 0. The van der Waals surface area contributed by atoms with E-state index in [1.807, 2.05) is 30.3 Å². The number of carbonyl (C=O) groups excluding carboxylic acids is 1. The van der Waals surface area contributed by atoms with E-state index in [4.69, 9.17) is 0 Å². The highest BCUT2D eigenvalue weighted by Crippen LogP contribution is 2.30. The number of hydrogen-bond acceptors (Lipinski definition) is 2. The molecule has 3 nitrogen and oxygen atoms in total. The highest BCUT2D eigenvalue weighted by atomic mass is 16.5. The van der Waals surface area contributed by atoms with Crippen molar-refractivity contribution in [2.45, 2.75) is 32.2 Å². The van der Waals surface area contributed by atoms with E-state index < -0.39 is 0 Å². The van der Waals surface area contributed by atoms with Gasteiger partial charge in [0, 0.05) is 6.92 Å². The molecule has 1 aromatic carbocycles. The molecule has 1 unspecified atom stereocenters. The van der Waals surface area contributed by atoms with E-state index in [9.17, 15) is 10.0 Å². The van der Waals surface area contributed by atoms with Gasteiger partial charge < -0.3 is 0 Å². The van der Waals surface area contributed by atoms with Gasteiger partial charge in [0.2, 0.25) is 5.91 Å². The number of hydrogen-bond donors (Lipinski definition) is 1. The average Bonchev–Trinajstić information content (AvgIpc) is 2.39. The van der Waals surface area contributed by atoms with Crippen molar-refractivity contribution in [1.82, 2.24) is 5.06 Å². The van der Waals surface area contributed by atoms with Gasteiger partial charge in [-0.1, -0.05) is 36.4 Å². The molecule has 1 N–H and O–H groups in total. The molecule has 3 heteroatoms. The second-order valence-corrected chi connectivity index (χ2v) is 4.34. The van der Waals surface area contributed by atoms with Gasteiger partial charge in [0.05, 0.1) is 6.04 Å². The first-order valence-corrected chi connectivity index (χ1v) is 5.94. The molecular weight excluding hydrogens is 214 g/mol. The predicted octanol–water partition coefficient (Wildman–Crippen LogP) is 2.86. The van der Waals surface area contributed by atoms with Crippen molar-refractivity contribution in [1.29, 1.82) is 0 Å². The van der Waals surface area contributed by atoms with Crippen molar-refractivity contribution in [3.8, 4) is 0 Å². The average molecular weight is 231 g/mol. The van der Waals surface area contributed by atoms with Crippen LogP contribution in [0.5, 0.6) is 0 Å². The number of hydroxylamine groups is 2. The monoisotopic (exact) mass is 231 g/mol. The molecule has 0 aliphatic heterocycles. The minimum absolute atomic E-state index is 0.205. The maximum absolute atomic E-state index is 11.3. The van der Waals surface area contributed by atoms with Gasteiger partial charge in [-0.25, -0.2) is 5.06 Å². The van der Waals surface area contributed by atoms with Crippen LogP contribution in [-0.2, 0) is 4.79 Å². The number of carbonyl (C=O) groups is 1. The summed E-state index contributed by atoms with van der Waals surface area (Å²) in [6.07, 6.45) is 4.95. The molecule has 1 amide bonds. The quantitative estimate of drug-likeness (QED) is 0.628. The highest BCUT2D eigenvalue weighted by Gasteiger charge is 2.26. The first-order valence-electron chi connectivity index (χ1n) is 5.94. The summed E-state index contributed by atoms with van der Waals surface area (Å²) < 4.78 is 0. The third-order valence-electron chi connectivity index (χ3n) is 3.13. The standard InChI is InChI=1S/C14H17NO2/c1-11(16)15(17)14-10-6-5-9-13(14)12-7-3-2-4-8-12/h2-4,7-9,14,17H,5-6,10H2,1H3. The summed E-state index contributed by atoms with van der Waals surface area (Å²) in [5.74, 6) is -0.307. The Morgan fingerprint density at radius 2 is 2.06 bits per heavy atom. The summed E-state index contributed by atoms with van der Waals surface area (Å²) in [5, 5.41) is 10.7. The van der Waals surface area contributed by atoms with Gasteiger partial charge in [0.1, 0.15) is 0 Å². The number of rotatable bonds is 2. The molecule has 0 bridgehead atoms. The van der Waals surface area contributed by atoms with Crippen molar-refractivity contribution in [2.24, 2.45) is 0 Å². The van der Waals surface area contributed by atoms with E-state index in [2.05, 4.69) is 6.08 Å². The summed E-state index contributed by atoms with van der Waals surface area (Å²) in [6.45, 7) is 1.39. The molecule has 90 valence electrons. The highest BCUT2D eigenvalue weighted by molar-refractivity contribution is 5.78. The lowest BCUT2D eigenvalue weighted by Crippen LogP contribution is -2.37. The van der Waals surface area contributed by atoms with Crippen LogP contribution in [0.4, 0.5) is 0 Å². The van der Waals surface area contributed by atoms with Gasteiger partial charge in [-0.3, -0.25) is 10.0 Å². The van der Waals surface area contributed by atoms with Gasteiger partial charge >= 0.3 is 0 Å². The topological polar surface area (TPSA) is 40.5 Å². The zero-order chi connectivity index (χ0) is 12.3. The SMILES string of the molecule is CC(=O)N(O)C1CCCC=C1c1ccccc1. The molecule has 1 aromatic rings. The summed E-state index contributed by atoms with van der Waals surface area (Å²) in [4.78, 5) is 11.3. The van der Waals surface area contributed by atoms with E-state index in [-0.39, 0.29) is 11.9 Å². The maximum Gasteiger partial charge on any atom is 0.243 e. The molecule has 0 heterocycles. The van der Waals surface area contributed by atoms with E-state index in [1.54, 1.807) is 0 Å². The van der Waals surface area contributed by atoms with Crippen molar-refractivity contribution < 1.29 is 10.0 Å². The Labute approximate surface area is 101 Å². The summed E-state index contributed by atoms with van der Waals surface area (Å²) in [6, 6.07) is 9.72. The normalized spacial score (nSPS) is 19.6. The smallest absolute Gasteiger partial charge is 0.243 e. The second-order valence-electron chi connectivity index (χ2n) is 4.34. The molecule has 0 saturated heterocycles. The van der Waals surface area contributed by atoms with E-state index >= 15 is 0 Å². The summed E-state index contributed by atoms with van der Waals surface area (Å²) in [5.41, 5.74) is 2.13. The lowest BCUT2D eigenvalue weighted by Gasteiger charge is -2.30. The largest absolute Gasteiger partial charge is 0.285 e. The lowest BCUT2D eigenvalue weighted by molar-refractivity contribution is -0.168. The fraction of sp³-hybridized carbons (Fsp3) is 0.357. The van der Waals surface area contributed by atoms with Crippen LogP contribution < -0.4 is 0 Å². The molecule has 1 aliphatic carbocycles. The van der Waals surface area contributed by atoms with Crippen LogP contribution in [0, 0.1) is 0 Å². The molecule has 0 aromatic heterocycles. The summed E-state index contributed by atoms with van der Waals surface area (Å²) >= 11 is 0. The number of benzene rings is 1. The van der Waals surface area contributed by atoms with E-state index in [0.29, 0.717) is 0 Å². The zero-order valence-corrected chi connectivity index (χ0v) is 9.97. The Morgan fingerprint density at radius 1 is 1.35 bits per heavy atom. The maximum atomic E-state index is 11.3. The molecule has 2 rings (SSSR count). The lowest BCUT2D eigenvalue weighted by atomic mass is 9.89. The van der Waals surface area contributed by atoms with Crippen LogP contribution in [-0.4, -0.2) is 22.2 Å². The minimum atomic E-state index is -0.307. The van der Waals surface area contributed by atoms with Gasteiger partial charge in [-0.2, -0.15) is 0 Å². The van der Waals surface area contributed by atoms with Crippen molar-refractivity contribution >= 4 is 11.5 Å². The Kier molecular flexibility index (Phi) is 3.59. The van der Waals surface area contributed by atoms with E-state index in [0.717, 1.165) is 35.5 Å². The molecule has 17 heavy (non-hydrogen) atoms. The fourth-order valence-corrected chi connectivity index (χ4v) is 2.27. The van der Waals surface area contributed by atoms with Gasteiger partial charge in [-0.05, 0) is 30.4 Å². The minimum Gasteiger partial charge on any atom is -0.285 e. The molecular formula is C14H17NO2. The zero-order valence-electron chi connectivity index (χ0n) is 9.97. The Balaban J connectivity index is 2.30. The van der Waals surface area contributed by atoms with Gasteiger partial charge in [-0.15, -0.1) is 0 Å². The van der Waals surface area contributed by atoms with Crippen molar-refractivity contribution in [2.75, 3.05) is 0 Å². The Morgan fingerprint density at radius 3 is 2.71 bits per heavy atom. The second kappa shape index (κ2) is 5.15. The van der Waals surface area contributed by atoms with Crippen molar-refractivity contribution in [3.05, 3.63) is 42.0 Å². The predicted molar refractivity (Wildman–Crippen MR) is 66.4 cm³/mol. The van der Waals surface area contributed by atoms with Crippen molar-refractivity contribution in [3.63, 3.8) is 0 Å². The third-order valence-corrected chi connectivity index (χ3v) is 3.13. The van der Waals surface area contributed by atoms with Crippen LogP contribution in [0.1, 0.15) is 31.7 Å². The molecule has 0 radical (unpaired) electrons. The Bertz CT molecular complexity index is 425. The van der Waals surface area contributed by atoms with E-state index in [1.165, 1.54) is 6.92 Å². The molecule has 0 saturated carbocycles. The first-order chi connectivity index (χ1) is 8.20. The van der Waals surface area contributed by atoms with Crippen LogP contribution in [0.3, 0.4) is 0 Å². The number of nitrogens with zero attached hydrogens (tertiary/aromatic N) is 1. The van der Waals surface area contributed by atoms with Crippen LogP contribution in [0.2, 0.25) is 0 Å². The van der Waals surface area contributed by atoms with Crippen LogP contribution >= 0.6 is 0 Å². The number of allylic oxidation sites excluding steroid dienone is 1. The van der Waals surface area contributed by atoms with Gasteiger partial charge in [0.15, 0.2) is 0 Å². The number of amides is 1. The Hall–Kier alpha value is -1.61. The molecule has 0 spiro atoms. The van der Waals surface area contributed by atoms with Gasteiger partial charge in [0.25, 0.3) is 0 Å². The molecule has 0 fully saturated rings. The van der Waals surface area contributed by atoms with Crippen LogP contribution in [0.15, 0.2) is 36.4 Å². The fourth-order valence-electron chi connectivity index (χ4n) is 2.27. The third kappa shape index (κ3) is 2.56. The molecule has 1 atom stereocenters. The van der Waals surface area contributed by atoms with Crippen LogP contribution in [0.25, 0.3) is 5.57 Å². The molecule has 1 aliphatic rings.